The van der Waals surface area contributed by atoms with E-state index in [1.54, 1.807) is 6.92 Å². The lowest BCUT2D eigenvalue weighted by molar-refractivity contribution is 0.591. The number of sulfone groups is 1. The number of aromatic nitrogens is 2. The van der Waals surface area contributed by atoms with Gasteiger partial charge in [0.25, 0.3) is 0 Å². The molecule has 1 N–H and O–H groups in total. The zero-order chi connectivity index (χ0) is 10.4. The van der Waals surface area contributed by atoms with Gasteiger partial charge in [-0.05, 0) is 11.5 Å². The van der Waals surface area contributed by atoms with Gasteiger partial charge in [-0.3, -0.25) is 0 Å². The van der Waals surface area contributed by atoms with Gasteiger partial charge in [-0.1, -0.05) is 11.4 Å². The van der Waals surface area contributed by atoms with Crippen molar-refractivity contribution in [1.29, 1.82) is 0 Å². The summed E-state index contributed by atoms with van der Waals surface area (Å²) in [5, 5.41) is 8.66. The van der Waals surface area contributed by atoms with Crippen molar-refractivity contribution < 1.29 is 8.42 Å². The van der Waals surface area contributed by atoms with Crippen LogP contribution in [0.1, 0.15) is 12.6 Å². The number of hydrogen-bond acceptors (Lipinski definition) is 6. The smallest absolute Gasteiger partial charge is 0.151 e. The Morgan fingerprint density at radius 2 is 2.36 bits per heavy atom. The van der Waals surface area contributed by atoms with E-state index >= 15 is 0 Å². The van der Waals surface area contributed by atoms with Crippen LogP contribution < -0.4 is 5.32 Å². The van der Waals surface area contributed by atoms with Gasteiger partial charge in [0.2, 0.25) is 0 Å². The van der Waals surface area contributed by atoms with Gasteiger partial charge in [0.05, 0.1) is 11.4 Å². The maximum atomic E-state index is 11.1. The molecule has 0 aliphatic rings. The lowest BCUT2D eigenvalue weighted by atomic mass is 10.5. The molecule has 0 aromatic carbocycles. The molecule has 0 radical (unpaired) electrons. The van der Waals surface area contributed by atoms with Crippen LogP contribution in [0, 0.1) is 0 Å². The van der Waals surface area contributed by atoms with Gasteiger partial charge >= 0.3 is 0 Å². The molecule has 0 saturated carbocycles. The van der Waals surface area contributed by atoms with E-state index in [4.69, 9.17) is 0 Å². The first kappa shape index (κ1) is 11.5. The monoisotopic (exact) mass is 235 g/mol. The average molecular weight is 235 g/mol. The highest BCUT2D eigenvalue weighted by Gasteiger charge is 2.06. The molecule has 14 heavy (non-hydrogen) atoms. The molecule has 7 heteroatoms. The second-order valence-electron chi connectivity index (χ2n) is 2.81. The molecule has 1 aromatic rings. The second-order valence-corrected chi connectivity index (χ2v) is 5.89. The van der Waals surface area contributed by atoms with E-state index in [-0.39, 0.29) is 11.5 Å². The van der Waals surface area contributed by atoms with Gasteiger partial charge in [-0.25, -0.2) is 8.42 Å². The molecule has 0 spiro atoms. The molecule has 0 atom stereocenters. The van der Waals surface area contributed by atoms with Gasteiger partial charge in [0.1, 0.15) is 0 Å². The first-order valence-corrected chi connectivity index (χ1v) is 6.97. The summed E-state index contributed by atoms with van der Waals surface area (Å²) in [5.74, 6) is 0.383. The van der Waals surface area contributed by atoms with Crippen molar-refractivity contribution in [1.82, 2.24) is 14.9 Å². The largest absolute Gasteiger partial charge is 0.310 e. The first-order valence-electron chi connectivity index (χ1n) is 4.31. The zero-order valence-electron chi connectivity index (χ0n) is 7.93. The summed E-state index contributed by atoms with van der Waals surface area (Å²) in [6, 6.07) is 0. The third-order valence-electron chi connectivity index (χ3n) is 1.74. The summed E-state index contributed by atoms with van der Waals surface area (Å²) in [7, 11) is -2.86. The van der Waals surface area contributed by atoms with Crippen LogP contribution in [0.2, 0.25) is 0 Å². The van der Waals surface area contributed by atoms with Crippen molar-refractivity contribution in [3.8, 4) is 0 Å². The molecule has 1 aromatic heterocycles. The summed E-state index contributed by atoms with van der Waals surface area (Å²) in [4.78, 5) is 0. The van der Waals surface area contributed by atoms with E-state index in [0.29, 0.717) is 13.1 Å². The number of nitrogens with one attached hydrogen (secondary N) is 1. The van der Waals surface area contributed by atoms with E-state index in [9.17, 15) is 8.42 Å². The zero-order valence-corrected chi connectivity index (χ0v) is 9.57. The van der Waals surface area contributed by atoms with Crippen LogP contribution in [0.4, 0.5) is 0 Å². The molecular formula is C7H13N3O2S2. The molecule has 0 saturated heterocycles. The molecule has 0 aliphatic carbocycles. The molecule has 5 nitrogen and oxygen atoms in total. The molecule has 80 valence electrons. The highest BCUT2D eigenvalue weighted by molar-refractivity contribution is 7.91. The van der Waals surface area contributed by atoms with Crippen LogP contribution in [0.25, 0.3) is 0 Å². The SMILES string of the molecule is CCS(=O)(=O)CCNCc1csnn1. The Hall–Kier alpha value is -0.530. The molecule has 0 bridgehead atoms. The Balaban J connectivity index is 2.17. The highest BCUT2D eigenvalue weighted by Crippen LogP contribution is 1.95. The Kier molecular flexibility index (Phi) is 4.43. The van der Waals surface area contributed by atoms with Crippen LogP contribution >= 0.6 is 11.5 Å². The predicted octanol–water partition coefficient (Wildman–Crippen LogP) is 0.0624. The Bertz CT molecular complexity index is 347. The summed E-state index contributed by atoms with van der Waals surface area (Å²) in [6.07, 6.45) is 0. The fourth-order valence-electron chi connectivity index (χ4n) is 0.849. The van der Waals surface area contributed by atoms with E-state index in [1.165, 1.54) is 11.5 Å². The van der Waals surface area contributed by atoms with Crippen LogP contribution in [0.5, 0.6) is 0 Å². The fraction of sp³-hybridized carbons (Fsp3) is 0.714. The van der Waals surface area contributed by atoms with Gasteiger partial charge in [-0.15, -0.1) is 5.10 Å². The van der Waals surface area contributed by atoms with Gasteiger partial charge in [-0.2, -0.15) is 0 Å². The number of rotatable bonds is 6. The number of nitrogens with zero attached hydrogens (tertiary/aromatic N) is 2. The van der Waals surface area contributed by atoms with Gasteiger partial charge < -0.3 is 5.32 Å². The maximum absolute atomic E-state index is 11.1. The van der Waals surface area contributed by atoms with Gasteiger partial charge in [0.15, 0.2) is 9.84 Å². The van der Waals surface area contributed by atoms with Crippen LogP contribution in [0.15, 0.2) is 5.38 Å². The molecule has 1 heterocycles. The minimum absolute atomic E-state index is 0.182. The molecule has 0 unspecified atom stereocenters. The van der Waals surface area contributed by atoms with Crippen LogP contribution in [-0.4, -0.2) is 36.1 Å². The third kappa shape index (κ3) is 4.12. The summed E-state index contributed by atoms with van der Waals surface area (Å²) < 4.78 is 25.9. The van der Waals surface area contributed by atoms with Gasteiger partial charge in [0, 0.05) is 24.2 Å². The van der Waals surface area contributed by atoms with Crippen LogP contribution in [-0.2, 0) is 16.4 Å². The van der Waals surface area contributed by atoms with Crippen molar-refractivity contribution in [2.45, 2.75) is 13.5 Å². The normalized spacial score (nSPS) is 11.8. The Labute approximate surface area is 87.6 Å². The molecule has 1 rings (SSSR count). The minimum atomic E-state index is -2.86. The highest BCUT2D eigenvalue weighted by atomic mass is 32.2. The molecular weight excluding hydrogens is 222 g/mol. The predicted molar refractivity (Wildman–Crippen MR) is 55.9 cm³/mol. The van der Waals surface area contributed by atoms with Crippen molar-refractivity contribution in [3.63, 3.8) is 0 Å². The summed E-state index contributed by atoms with van der Waals surface area (Å²) in [6.45, 7) is 2.70. The van der Waals surface area contributed by atoms with Crippen molar-refractivity contribution in [2.75, 3.05) is 18.1 Å². The summed E-state index contributed by atoms with van der Waals surface area (Å²) in [5.41, 5.74) is 0.851. The van der Waals surface area contributed by atoms with Crippen molar-refractivity contribution >= 4 is 21.4 Å². The van der Waals surface area contributed by atoms with E-state index in [2.05, 4.69) is 14.9 Å². The molecule has 0 amide bonds. The van der Waals surface area contributed by atoms with Crippen molar-refractivity contribution in [2.24, 2.45) is 0 Å². The quantitative estimate of drug-likeness (QED) is 0.706. The lowest BCUT2D eigenvalue weighted by Crippen LogP contribution is -2.23. The minimum Gasteiger partial charge on any atom is -0.310 e. The topological polar surface area (TPSA) is 72.0 Å². The molecule has 0 aliphatic heterocycles. The lowest BCUT2D eigenvalue weighted by Gasteiger charge is -2.01. The fourth-order valence-corrected chi connectivity index (χ4v) is 2.04. The third-order valence-corrected chi connectivity index (χ3v) is 4.00. The maximum Gasteiger partial charge on any atom is 0.151 e. The Morgan fingerprint density at radius 1 is 1.57 bits per heavy atom. The standard InChI is InChI=1S/C7H13N3O2S2/c1-2-14(11,12)4-3-8-5-7-6-13-10-9-7/h6,8H,2-5H2,1H3. The van der Waals surface area contributed by atoms with Crippen LogP contribution in [0.3, 0.4) is 0 Å². The van der Waals surface area contributed by atoms with E-state index in [1.807, 2.05) is 5.38 Å². The molecule has 0 fully saturated rings. The average Bonchev–Trinajstić information content (AvgIpc) is 2.65. The number of hydrogen-bond donors (Lipinski definition) is 1. The van der Waals surface area contributed by atoms with E-state index in [0.717, 1.165) is 5.69 Å². The van der Waals surface area contributed by atoms with E-state index < -0.39 is 9.84 Å². The summed E-state index contributed by atoms with van der Waals surface area (Å²) >= 11 is 1.29. The second kappa shape index (κ2) is 5.38. The van der Waals surface area contributed by atoms with Crippen molar-refractivity contribution in [3.05, 3.63) is 11.1 Å². The Morgan fingerprint density at radius 3 is 2.93 bits per heavy atom. The first-order chi connectivity index (χ1) is 6.64.